The van der Waals surface area contributed by atoms with Gasteiger partial charge >= 0.3 is 0 Å². The molecule has 158 valence electrons. The zero-order valence-corrected chi connectivity index (χ0v) is 19.5. The van der Waals surface area contributed by atoms with E-state index >= 15 is 0 Å². The van der Waals surface area contributed by atoms with E-state index in [2.05, 4.69) is 15.9 Å². The number of amides is 1. The van der Waals surface area contributed by atoms with E-state index in [4.69, 9.17) is 4.42 Å². The van der Waals surface area contributed by atoms with Crippen molar-refractivity contribution in [1.29, 1.82) is 0 Å². The summed E-state index contributed by atoms with van der Waals surface area (Å²) in [7, 11) is -3.59. The Bertz CT molecular complexity index is 1240. The van der Waals surface area contributed by atoms with E-state index in [0.717, 1.165) is 26.5 Å². The van der Waals surface area contributed by atoms with Crippen molar-refractivity contribution in [2.75, 3.05) is 26.2 Å². The van der Waals surface area contributed by atoms with Gasteiger partial charge in [-0.2, -0.15) is 4.31 Å². The number of sulfonamides is 1. The number of furan rings is 1. The van der Waals surface area contributed by atoms with Crippen molar-refractivity contribution in [1.82, 2.24) is 9.21 Å². The predicted molar refractivity (Wildman–Crippen MR) is 119 cm³/mol. The number of fused-ring (bicyclic) bond motifs is 1. The Morgan fingerprint density at radius 3 is 2.37 bits per heavy atom. The predicted octanol–water partition coefficient (Wildman–Crippen LogP) is 4.27. The molecule has 30 heavy (non-hydrogen) atoms. The van der Waals surface area contributed by atoms with Crippen LogP contribution in [-0.2, 0) is 10.0 Å². The second-order valence-corrected chi connectivity index (χ2v) is 10.5. The Morgan fingerprint density at radius 2 is 1.70 bits per heavy atom. The minimum absolute atomic E-state index is 0.205. The highest BCUT2D eigenvalue weighted by atomic mass is 79.9. The van der Waals surface area contributed by atoms with Gasteiger partial charge in [0, 0.05) is 41.6 Å². The summed E-state index contributed by atoms with van der Waals surface area (Å²) in [4.78, 5) is 15.0. The molecule has 2 heterocycles. The van der Waals surface area contributed by atoms with E-state index < -0.39 is 10.0 Å². The van der Waals surface area contributed by atoms with Crippen molar-refractivity contribution >= 4 is 42.8 Å². The summed E-state index contributed by atoms with van der Waals surface area (Å²) in [6.07, 6.45) is 0. The second kappa shape index (κ2) is 7.83. The standard InChI is InChI=1S/C22H23BrN2O4S/c1-14-4-7-20(15(2)12-14)30(27,28)25-10-8-24(9-11-25)22(26)21-16(3)18-13-17(23)5-6-19(18)29-21/h4-7,12-13H,8-11H2,1-3H3. The summed E-state index contributed by atoms with van der Waals surface area (Å²) in [5.74, 6) is 0.108. The largest absolute Gasteiger partial charge is 0.451 e. The molecule has 4 rings (SSSR count). The van der Waals surface area contributed by atoms with E-state index in [9.17, 15) is 13.2 Å². The smallest absolute Gasteiger partial charge is 0.289 e. The van der Waals surface area contributed by atoms with Crippen LogP contribution in [0.25, 0.3) is 11.0 Å². The number of carbonyl (C=O) groups excluding carboxylic acids is 1. The Hall–Kier alpha value is -2.16. The number of aryl methyl sites for hydroxylation is 3. The van der Waals surface area contributed by atoms with Crippen LogP contribution in [0.3, 0.4) is 0 Å². The normalized spacial score (nSPS) is 15.7. The summed E-state index contributed by atoms with van der Waals surface area (Å²) in [5, 5.41) is 0.892. The Kier molecular flexibility index (Phi) is 5.50. The van der Waals surface area contributed by atoms with Crippen LogP contribution in [-0.4, -0.2) is 49.7 Å². The quantitative estimate of drug-likeness (QED) is 0.549. The van der Waals surface area contributed by atoms with Crippen molar-refractivity contribution in [3.63, 3.8) is 0 Å². The summed E-state index contributed by atoms with van der Waals surface area (Å²) in [6.45, 7) is 6.77. The first kappa shape index (κ1) is 21.1. The Labute approximate surface area is 184 Å². The first-order valence-electron chi connectivity index (χ1n) is 9.74. The van der Waals surface area contributed by atoms with Gasteiger partial charge in [-0.25, -0.2) is 8.42 Å². The molecular weight excluding hydrogens is 468 g/mol. The lowest BCUT2D eigenvalue weighted by Crippen LogP contribution is -2.50. The molecule has 6 nitrogen and oxygen atoms in total. The first-order chi connectivity index (χ1) is 14.2. The lowest BCUT2D eigenvalue weighted by atomic mass is 10.1. The average Bonchev–Trinajstić information content (AvgIpc) is 3.03. The highest BCUT2D eigenvalue weighted by molar-refractivity contribution is 9.10. The molecule has 1 amide bonds. The van der Waals surface area contributed by atoms with Gasteiger partial charge in [-0.05, 0) is 50.6 Å². The zero-order valence-electron chi connectivity index (χ0n) is 17.1. The maximum absolute atomic E-state index is 13.1. The monoisotopic (exact) mass is 490 g/mol. The van der Waals surface area contributed by atoms with Gasteiger partial charge in [-0.15, -0.1) is 0 Å². The lowest BCUT2D eigenvalue weighted by Gasteiger charge is -2.34. The van der Waals surface area contributed by atoms with Gasteiger partial charge in [0.2, 0.25) is 10.0 Å². The van der Waals surface area contributed by atoms with Crippen molar-refractivity contribution in [3.05, 3.63) is 63.3 Å². The number of piperazine rings is 1. The molecule has 2 aromatic carbocycles. The minimum atomic E-state index is -3.59. The summed E-state index contributed by atoms with van der Waals surface area (Å²) in [5.41, 5.74) is 3.21. The van der Waals surface area contributed by atoms with Gasteiger partial charge in [-0.3, -0.25) is 4.79 Å². The van der Waals surface area contributed by atoms with E-state index in [1.54, 1.807) is 11.0 Å². The van der Waals surface area contributed by atoms with Gasteiger partial charge in [0.1, 0.15) is 5.58 Å². The van der Waals surface area contributed by atoms with Crippen molar-refractivity contribution in [3.8, 4) is 0 Å². The van der Waals surface area contributed by atoms with Gasteiger partial charge < -0.3 is 9.32 Å². The second-order valence-electron chi connectivity index (χ2n) is 7.66. The molecule has 1 saturated heterocycles. The van der Waals surface area contributed by atoms with Crippen molar-refractivity contribution in [2.24, 2.45) is 0 Å². The molecule has 0 unspecified atom stereocenters. The molecule has 0 saturated carbocycles. The van der Waals surface area contributed by atoms with E-state index in [0.29, 0.717) is 29.3 Å². The van der Waals surface area contributed by atoms with Crippen molar-refractivity contribution < 1.29 is 17.6 Å². The topological polar surface area (TPSA) is 70.8 Å². The van der Waals surface area contributed by atoms with Gasteiger partial charge in [0.15, 0.2) is 5.76 Å². The molecule has 8 heteroatoms. The van der Waals surface area contributed by atoms with Crippen LogP contribution in [0.15, 0.2) is 50.2 Å². The molecular formula is C22H23BrN2O4S. The first-order valence-corrected chi connectivity index (χ1v) is 12.0. The number of rotatable bonds is 3. The van der Waals surface area contributed by atoms with E-state index in [1.807, 2.05) is 51.1 Å². The maximum atomic E-state index is 13.1. The fourth-order valence-electron chi connectivity index (χ4n) is 3.90. The molecule has 0 spiro atoms. The lowest BCUT2D eigenvalue weighted by molar-refractivity contribution is 0.0667. The van der Waals surface area contributed by atoms with Crippen LogP contribution in [0.2, 0.25) is 0 Å². The summed E-state index contributed by atoms with van der Waals surface area (Å²) in [6, 6.07) is 11.0. The third-order valence-electron chi connectivity index (χ3n) is 5.57. The Morgan fingerprint density at radius 1 is 1.00 bits per heavy atom. The molecule has 0 aliphatic carbocycles. The third kappa shape index (κ3) is 3.68. The fraction of sp³-hybridized carbons (Fsp3) is 0.318. The van der Waals surface area contributed by atoms with Crippen LogP contribution < -0.4 is 0 Å². The summed E-state index contributed by atoms with van der Waals surface area (Å²) < 4.78 is 34.3. The molecule has 0 radical (unpaired) electrons. The number of hydrogen-bond donors (Lipinski definition) is 0. The molecule has 3 aromatic rings. The number of carbonyl (C=O) groups is 1. The zero-order chi connectivity index (χ0) is 21.6. The number of hydrogen-bond acceptors (Lipinski definition) is 4. The number of halogens is 1. The highest BCUT2D eigenvalue weighted by Crippen LogP contribution is 2.29. The molecule has 0 atom stereocenters. The molecule has 0 bridgehead atoms. The van der Waals surface area contributed by atoms with Crippen molar-refractivity contribution in [2.45, 2.75) is 25.7 Å². The maximum Gasteiger partial charge on any atom is 0.289 e. The summed E-state index contributed by atoms with van der Waals surface area (Å²) >= 11 is 3.44. The van der Waals surface area contributed by atoms with Gasteiger partial charge in [0.05, 0.1) is 4.90 Å². The van der Waals surface area contributed by atoms with Gasteiger partial charge in [0.25, 0.3) is 5.91 Å². The number of nitrogens with zero attached hydrogens (tertiary/aromatic N) is 2. The highest BCUT2D eigenvalue weighted by Gasteiger charge is 2.32. The Balaban J connectivity index is 1.52. The molecule has 1 aliphatic rings. The van der Waals surface area contributed by atoms with Crippen LogP contribution in [0.1, 0.15) is 27.2 Å². The fourth-order valence-corrected chi connectivity index (χ4v) is 5.89. The van der Waals surface area contributed by atoms with Crippen LogP contribution in [0.4, 0.5) is 0 Å². The van der Waals surface area contributed by atoms with Crippen LogP contribution in [0, 0.1) is 20.8 Å². The molecule has 1 aromatic heterocycles. The molecule has 1 aliphatic heterocycles. The van der Waals surface area contributed by atoms with E-state index in [1.165, 1.54) is 4.31 Å². The van der Waals surface area contributed by atoms with Gasteiger partial charge in [-0.1, -0.05) is 33.6 Å². The van der Waals surface area contributed by atoms with Crippen LogP contribution >= 0.6 is 15.9 Å². The minimum Gasteiger partial charge on any atom is -0.451 e. The molecule has 0 N–H and O–H groups in total. The van der Waals surface area contributed by atoms with Crippen LogP contribution in [0.5, 0.6) is 0 Å². The average molecular weight is 491 g/mol. The molecule has 1 fully saturated rings. The SMILES string of the molecule is Cc1ccc(S(=O)(=O)N2CCN(C(=O)c3oc4ccc(Br)cc4c3C)CC2)c(C)c1. The number of benzene rings is 2. The third-order valence-corrected chi connectivity index (χ3v) is 8.12. The van der Waals surface area contributed by atoms with E-state index in [-0.39, 0.29) is 19.0 Å².